The van der Waals surface area contributed by atoms with Crippen LogP contribution in [0.25, 0.3) is 11.2 Å². The third-order valence-electron chi connectivity index (χ3n) is 4.89. The lowest BCUT2D eigenvalue weighted by Crippen LogP contribution is -2.09. The number of carbonyl (C=O) groups excluding carboxylic acids is 1. The number of ketones is 1. The van der Waals surface area contributed by atoms with E-state index < -0.39 is 0 Å². The second-order valence-corrected chi connectivity index (χ2v) is 7.30. The van der Waals surface area contributed by atoms with Crippen LogP contribution in [0, 0.1) is 19.7 Å². The molecule has 2 aromatic carbocycles. The van der Waals surface area contributed by atoms with Gasteiger partial charge in [-0.2, -0.15) is 0 Å². The Balaban J connectivity index is 1.51. The molecule has 0 aliphatic heterocycles. The number of nitrogens with zero attached hydrogens (tertiary/aromatic N) is 3. The molecule has 2 heterocycles. The number of anilines is 2. The van der Waals surface area contributed by atoms with Crippen LogP contribution >= 0.6 is 0 Å². The summed E-state index contributed by atoms with van der Waals surface area (Å²) in [5, 5.41) is 3.20. The topological polar surface area (TPSA) is 67.8 Å². The number of carbonyl (C=O) groups is 1. The van der Waals surface area contributed by atoms with E-state index in [0.29, 0.717) is 22.5 Å². The third kappa shape index (κ3) is 4.49. The van der Waals surface area contributed by atoms with Gasteiger partial charge >= 0.3 is 0 Å². The van der Waals surface area contributed by atoms with Crippen LogP contribution in [0.2, 0.25) is 0 Å². The average molecular weight is 400 g/mol. The van der Waals surface area contributed by atoms with E-state index in [-0.39, 0.29) is 24.4 Å². The molecule has 1 N–H and O–H groups in total. The van der Waals surface area contributed by atoms with Crippen molar-refractivity contribution in [1.29, 1.82) is 0 Å². The van der Waals surface area contributed by atoms with Crippen molar-refractivity contribution in [3.8, 4) is 0 Å². The number of hydrogen-bond donors (Lipinski definition) is 1. The Labute approximate surface area is 174 Å². The molecule has 0 aliphatic carbocycles. The number of aromatic nitrogens is 3. The molecule has 4 aromatic rings. The molecule has 0 fully saturated rings. The van der Waals surface area contributed by atoms with Crippen molar-refractivity contribution in [2.75, 3.05) is 5.32 Å². The predicted molar refractivity (Wildman–Crippen MR) is 115 cm³/mol. The van der Waals surface area contributed by atoms with E-state index in [1.165, 1.54) is 6.07 Å². The van der Waals surface area contributed by atoms with Gasteiger partial charge in [-0.1, -0.05) is 30.3 Å². The number of rotatable bonds is 6. The Kier molecular flexibility index (Phi) is 5.48. The van der Waals surface area contributed by atoms with Gasteiger partial charge in [0.25, 0.3) is 0 Å². The maximum atomic E-state index is 13.4. The summed E-state index contributed by atoms with van der Waals surface area (Å²) in [7, 11) is 0. The molecule has 2 aromatic heterocycles. The van der Waals surface area contributed by atoms with Crippen LogP contribution in [-0.2, 0) is 17.6 Å². The maximum Gasteiger partial charge on any atom is 0.180 e. The minimum atomic E-state index is -0.263. The number of halogens is 1. The number of hydrogen-bond acceptors (Lipinski definition) is 5. The van der Waals surface area contributed by atoms with E-state index >= 15 is 0 Å². The minimum Gasteiger partial charge on any atom is -0.339 e. The van der Waals surface area contributed by atoms with Crippen molar-refractivity contribution in [2.45, 2.75) is 26.7 Å². The first-order valence-corrected chi connectivity index (χ1v) is 9.70. The number of benzene rings is 2. The van der Waals surface area contributed by atoms with Crippen LogP contribution in [0.1, 0.15) is 22.4 Å². The van der Waals surface area contributed by atoms with Gasteiger partial charge in [-0.05, 0) is 54.8 Å². The number of nitrogens with one attached hydrogen (secondary N) is 1. The summed E-state index contributed by atoms with van der Waals surface area (Å²) >= 11 is 0. The zero-order chi connectivity index (χ0) is 21.1. The number of aryl methyl sites for hydroxylation is 2. The van der Waals surface area contributed by atoms with Crippen molar-refractivity contribution in [2.24, 2.45) is 0 Å². The molecular formula is C24H21FN4O. The molecule has 6 heteroatoms. The molecule has 0 amide bonds. The van der Waals surface area contributed by atoms with Gasteiger partial charge in [0.1, 0.15) is 17.1 Å². The Bertz CT molecular complexity index is 1220. The highest BCUT2D eigenvalue weighted by Gasteiger charge is 2.12. The fourth-order valence-electron chi connectivity index (χ4n) is 3.30. The largest absolute Gasteiger partial charge is 0.339 e. The van der Waals surface area contributed by atoms with Gasteiger partial charge in [0.15, 0.2) is 11.5 Å². The zero-order valence-electron chi connectivity index (χ0n) is 16.8. The zero-order valence-corrected chi connectivity index (χ0v) is 16.8. The normalized spacial score (nSPS) is 10.9. The quantitative estimate of drug-likeness (QED) is 0.500. The number of para-hydroxylation sites is 1. The first-order valence-electron chi connectivity index (χ1n) is 9.70. The summed E-state index contributed by atoms with van der Waals surface area (Å²) in [5.41, 5.74) is 5.00. The predicted octanol–water partition coefficient (Wildman–Crippen LogP) is 4.88. The number of fused-ring (bicyclic) bond motifs is 1. The van der Waals surface area contributed by atoms with Crippen molar-refractivity contribution < 1.29 is 9.18 Å². The second kappa shape index (κ2) is 8.37. The fraction of sp³-hybridized carbons (Fsp3) is 0.167. The standard InChI is InChI=1S/C24H21FN4O/c1-15-10-17(8-9-21(15)25)11-20(30)12-18-13-22-24(27-16(18)2)29-23(14-26-22)28-19-6-4-3-5-7-19/h3-10,13-14H,11-12H2,1-2H3,(H,27,28,29). The molecular weight excluding hydrogens is 379 g/mol. The Morgan fingerprint density at radius 3 is 2.57 bits per heavy atom. The van der Waals surface area contributed by atoms with E-state index in [1.54, 1.807) is 25.3 Å². The van der Waals surface area contributed by atoms with Crippen molar-refractivity contribution >= 4 is 28.5 Å². The summed E-state index contributed by atoms with van der Waals surface area (Å²) in [6, 6.07) is 16.4. The molecule has 5 nitrogen and oxygen atoms in total. The van der Waals surface area contributed by atoms with Crippen molar-refractivity contribution in [3.05, 3.63) is 89.0 Å². The summed E-state index contributed by atoms with van der Waals surface area (Å²) in [6.45, 7) is 3.56. The molecule has 0 spiro atoms. The molecule has 0 atom stereocenters. The maximum absolute atomic E-state index is 13.4. The van der Waals surface area contributed by atoms with E-state index in [0.717, 1.165) is 22.5 Å². The lowest BCUT2D eigenvalue weighted by atomic mass is 10.0. The molecule has 4 rings (SSSR count). The molecule has 0 saturated heterocycles. The highest BCUT2D eigenvalue weighted by Crippen LogP contribution is 2.19. The molecule has 0 unspecified atom stereocenters. The van der Waals surface area contributed by atoms with Crippen molar-refractivity contribution in [1.82, 2.24) is 15.0 Å². The van der Waals surface area contributed by atoms with Gasteiger partial charge in [-0.3, -0.25) is 4.79 Å². The van der Waals surface area contributed by atoms with E-state index in [1.807, 2.05) is 43.3 Å². The molecule has 150 valence electrons. The van der Waals surface area contributed by atoms with Crippen LogP contribution in [0.4, 0.5) is 15.9 Å². The SMILES string of the molecule is Cc1cc(CC(=O)Cc2cc3ncc(Nc4ccccc4)nc3nc2C)ccc1F. The lowest BCUT2D eigenvalue weighted by Gasteiger charge is -2.09. The van der Waals surface area contributed by atoms with Gasteiger partial charge in [0.05, 0.1) is 6.20 Å². The number of Topliss-reactive ketones (excluding diaryl/α,β-unsaturated/α-hetero) is 1. The second-order valence-electron chi connectivity index (χ2n) is 7.30. The Hall–Kier alpha value is -3.67. The summed E-state index contributed by atoms with van der Waals surface area (Å²) in [4.78, 5) is 26.1. The van der Waals surface area contributed by atoms with Gasteiger partial charge in [0, 0.05) is 24.2 Å². The molecule has 0 aliphatic rings. The molecule has 30 heavy (non-hydrogen) atoms. The van der Waals surface area contributed by atoms with E-state index in [2.05, 4.69) is 20.3 Å². The monoisotopic (exact) mass is 400 g/mol. The van der Waals surface area contributed by atoms with Crippen molar-refractivity contribution in [3.63, 3.8) is 0 Å². The third-order valence-corrected chi connectivity index (χ3v) is 4.89. The summed E-state index contributed by atoms with van der Waals surface area (Å²) in [6.07, 6.45) is 2.15. The van der Waals surface area contributed by atoms with Crippen LogP contribution in [0.5, 0.6) is 0 Å². The lowest BCUT2D eigenvalue weighted by molar-refractivity contribution is -0.117. The minimum absolute atomic E-state index is 0.0422. The van der Waals surface area contributed by atoms with E-state index in [4.69, 9.17) is 0 Å². The average Bonchev–Trinajstić information content (AvgIpc) is 2.72. The first-order chi connectivity index (χ1) is 14.5. The van der Waals surface area contributed by atoms with Gasteiger partial charge < -0.3 is 5.32 Å². The van der Waals surface area contributed by atoms with Gasteiger partial charge in [0.2, 0.25) is 0 Å². The summed E-state index contributed by atoms with van der Waals surface area (Å²) < 4.78 is 13.4. The van der Waals surface area contributed by atoms with Crippen LogP contribution < -0.4 is 5.32 Å². The number of pyridine rings is 1. The first kappa shape index (κ1) is 19.6. The highest BCUT2D eigenvalue weighted by molar-refractivity contribution is 5.84. The molecule has 0 saturated carbocycles. The molecule has 0 bridgehead atoms. The van der Waals surface area contributed by atoms with Crippen LogP contribution in [0.15, 0.2) is 60.8 Å². The molecule has 0 radical (unpaired) electrons. The Morgan fingerprint density at radius 2 is 1.80 bits per heavy atom. The highest BCUT2D eigenvalue weighted by atomic mass is 19.1. The van der Waals surface area contributed by atoms with Crippen LogP contribution in [-0.4, -0.2) is 20.7 Å². The van der Waals surface area contributed by atoms with E-state index in [9.17, 15) is 9.18 Å². The van der Waals surface area contributed by atoms with Gasteiger partial charge in [-0.25, -0.2) is 19.3 Å². The Morgan fingerprint density at radius 1 is 1.00 bits per heavy atom. The summed E-state index contributed by atoms with van der Waals surface area (Å²) in [5.74, 6) is 0.386. The smallest absolute Gasteiger partial charge is 0.180 e. The van der Waals surface area contributed by atoms with Gasteiger partial charge in [-0.15, -0.1) is 0 Å². The van der Waals surface area contributed by atoms with Crippen LogP contribution in [0.3, 0.4) is 0 Å². The fourth-order valence-corrected chi connectivity index (χ4v) is 3.30.